The molecule has 0 aromatic rings. The van der Waals surface area contributed by atoms with Crippen molar-refractivity contribution >= 4 is 0 Å². The quantitative estimate of drug-likeness (QED) is 0.668. The Morgan fingerprint density at radius 3 is 2.08 bits per heavy atom. The Morgan fingerprint density at radius 2 is 1.62 bits per heavy atom. The van der Waals surface area contributed by atoms with E-state index < -0.39 is 0 Å². The lowest BCUT2D eigenvalue weighted by molar-refractivity contribution is 0.242. The molecule has 1 saturated carbocycles. The molecule has 0 heterocycles. The average Bonchev–Trinajstić information content (AvgIpc) is 2.43. The van der Waals surface area contributed by atoms with Gasteiger partial charge < -0.3 is 5.73 Å². The normalized spacial score (nSPS) is 25.2. The second-order valence-electron chi connectivity index (χ2n) is 4.82. The predicted octanol–water partition coefficient (Wildman–Crippen LogP) is 3.19. The van der Waals surface area contributed by atoms with Gasteiger partial charge in [-0.05, 0) is 24.3 Å². The Balaban J connectivity index is 2.38. The van der Waals surface area contributed by atoms with Crippen molar-refractivity contribution in [2.75, 3.05) is 6.54 Å². The van der Waals surface area contributed by atoms with Gasteiger partial charge in [0.05, 0.1) is 0 Å². The fourth-order valence-electron chi connectivity index (χ4n) is 2.52. The predicted molar refractivity (Wildman–Crippen MR) is 58.6 cm³/mol. The summed E-state index contributed by atoms with van der Waals surface area (Å²) in [6.45, 7) is 5.56. The number of rotatable bonds is 3. The van der Waals surface area contributed by atoms with E-state index in [-0.39, 0.29) is 0 Å². The van der Waals surface area contributed by atoms with Crippen LogP contribution in [0.25, 0.3) is 0 Å². The van der Waals surface area contributed by atoms with Crippen molar-refractivity contribution < 1.29 is 0 Å². The molecule has 0 aromatic heterocycles. The first-order valence-electron chi connectivity index (χ1n) is 5.95. The smallest absolute Gasteiger partial charge is 0.00489 e. The van der Waals surface area contributed by atoms with Crippen molar-refractivity contribution in [2.24, 2.45) is 23.5 Å². The topological polar surface area (TPSA) is 26.0 Å². The lowest BCUT2D eigenvalue weighted by Crippen LogP contribution is -2.24. The summed E-state index contributed by atoms with van der Waals surface area (Å²) in [5, 5.41) is 0. The van der Waals surface area contributed by atoms with Gasteiger partial charge in [-0.1, -0.05) is 52.4 Å². The van der Waals surface area contributed by atoms with Gasteiger partial charge in [0.1, 0.15) is 0 Å². The van der Waals surface area contributed by atoms with Crippen molar-refractivity contribution in [1.82, 2.24) is 0 Å². The van der Waals surface area contributed by atoms with E-state index in [4.69, 9.17) is 5.73 Å². The van der Waals surface area contributed by atoms with Crippen LogP contribution >= 0.6 is 0 Å². The SMILES string of the molecule is CC(CN)C(C)C1CCCCCC1. The first-order valence-corrected chi connectivity index (χ1v) is 5.95. The van der Waals surface area contributed by atoms with Crippen LogP contribution in [0.5, 0.6) is 0 Å². The zero-order valence-corrected chi connectivity index (χ0v) is 9.26. The van der Waals surface area contributed by atoms with E-state index in [0.717, 1.165) is 18.4 Å². The fraction of sp³-hybridized carbons (Fsp3) is 1.00. The Bertz CT molecular complexity index is 125. The lowest BCUT2D eigenvalue weighted by Gasteiger charge is -2.27. The molecule has 0 amide bonds. The molecule has 2 unspecified atom stereocenters. The Morgan fingerprint density at radius 1 is 1.08 bits per heavy atom. The van der Waals surface area contributed by atoms with Crippen molar-refractivity contribution in [1.29, 1.82) is 0 Å². The molecular formula is C12H25N. The zero-order valence-electron chi connectivity index (χ0n) is 9.26. The van der Waals surface area contributed by atoms with E-state index in [1.807, 2.05) is 0 Å². The molecule has 0 bridgehead atoms. The molecule has 78 valence electrons. The molecule has 0 aromatic carbocycles. The minimum Gasteiger partial charge on any atom is -0.330 e. The van der Waals surface area contributed by atoms with Crippen molar-refractivity contribution in [2.45, 2.75) is 52.4 Å². The van der Waals surface area contributed by atoms with Gasteiger partial charge >= 0.3 is 0 Å². The van der Waals surface area contributed by atoms with Crippen LogP contribution in [0.15, 0.2) is 0 Å². The summed E-state index contributed by atoms with van der Waals surface area (Å²) in [6.07, 6.45) is 8.72. The first kappa shape index (κ1) is 11.0. The average molecular weight is 183 g/mol. The minimum atomic E-state index is 0.711. The number of hydrogen-bond acceptors (Lipinski definition) is 1. The van der Waals surface area contributed by atoms with Crippen LogP contribution < -0.4 is 5.73 Å². The van der Waals surface area contributed by atoms with E-state index in [0.29, 0.717) is 5.92 Å². The molecule has 0 saturated heterocycles. The Labute approximate surface area is 83.1 Å². The molecule has 0 radical (unpaired) electrons. The molecule has 2 N–H and O–H groups in total. The maximum absolute atomic E-state index is 5.72. The molecule has 2 atom stereocenters. The number of hydrogen-bond donors (Lipinski definition) is 1. The Kier molecular flexibility index (Phi) is 4.79. The maximum Gasteiger partial charge on any atom is -0.00489 e. The molecule has 1 fully saturated rings. The summed E-state index contributed by atoms with van der Waals surface area (Å²) in [5.74, 6) is 2.51. The van der Waals surface area contributed by atoms with Crippen LogP contribution in [-0.2, 0) is 0 Å². The van der Waals surface area contributed by atoms with Crippen molar-refractivity contribution in [3.05, 3.63) is 0 Å². The van der Waals surface area contributed by atoms with Crippen molar-refractivity contribution in [3.8, 4) is 0 Å². The van der Waals surface area contributed by atoms with E-state index in [1.165, 1.54) is 38.5 Å². The summed E-state index contributed by atoms with van der Waals surface area (Å²) in [7, 11) is 0. The maximum atomic E-state index is 5.72. The molecular weight excluding hydrogens is 158 g/mol. The van der Waals surface area contributed by atoms with Crippen LogP contribution in [0.4, 0.5) is 0 Å². The monoisotopic (exact) mass is 183 g/mol. The highest BCUT2D eigenvalue weighted by Gasteiger charge is 2.22. The van der Waals surface area contributed by atoms with Gasteiger partial charge in [0.25, 0.3) is 0 Å². The third-order valence-electron chi connectivity index (χ3n) is 3.91. The summed E-state index contributed by atoms with van der Waals surface area (Å²) in [5.41, 5.74) is 5.72. The summed E-state index contributed by atoms with van der Waals surface area (Å²) in [6, 6.07) is 0. The summed E-state index contributed by atoms with van der Waals surface area (Å²) >= 11 is 0. The van der Waals surface area contributed by atoms with Gasteiger partial charge in [0.2, 0.25) is 0 Å². The highest BCUT2D eigenvalue weighted by Crippen LogP contribution is 2.32. The van der Waals surface area contributed by atoms with Crippen molar-refractivity contribution in [3.63, 3.8) is 0 Å². The lowest BCUT2D eigenvalue weighted by atomic mass is 9.80. The van der Waals surface area contributed by atoms with Gasteiger partial charge in [0.15, 0.2) is 0 Å². The fourth-order valence-corrected chi connectivity index (χ4v) is 2.52. The van der Waals surface area contributed by atoms with Crippen LogP contribution in [0, 0.1) is 17.8 Å². The van der Waals surface area contributed by atoms with E-state index in [9.17, 15) is 0 Å². The van der Waals surface area contributed by atoms with Gasteiger partial charge in [-0.3, -0.25) is 0 Å². The zero-order chi connectivity index (χ0) is 9.68. The Hall–Kier alpha value is -0.0400. The molecule has 1 nitrogen and oxygen atoms in total. The summed E-state index contributed by atoms with van der Waals surface area (Å²) in [4.78, 5) is 0. The highest BCUT2D eigenvalue weighted by molar-refractivity contribution is 4.74. The van der Waals surface area contributed by atoms with Gasteiger partial charge in [-0.15, -0.1) is 0 Å². The second kappa shape index (κ2) is 5.64. The van der Waals surface area contributed by atoms with Gasteiger partial charge in [0, 0.05) is 0 Å². The standard InChI is InChI=1S/C12H25N/c1-10(9-13)11(2)12-7-5-3-4-6-8-12/h10-12H,3-9,13H2,1-2H3. The number of nitrogens with two attached hydrogens (primary N) is 1. The third-order valence-corrected chi connectivity index (χ3v) is 3.91. The van der Waals surface area contributed by atoms with Crippen LogP contribution in [-0.4, -0.2) is 6.54 Å². The molecule has 1 heteroatoms. The van der Waals surface area contributed by atoms with Gasteiger partial charge in [-0.2, -0.15) is 0 Å². The summed E-state index contributed by atoms with van der Waals surface area (Å²) < 4.78 is 0. The largest absolute Gasteiger partial charge is 0.330 e. The van der Waals surface area contributed by atoms with Crippen LogP contribution in [0.2, 0.25) is 0 Å². The molecule has 13 heavy (non-hydrogen) atoms. The molecule has 1 aliphatic carbocycles. The van der Waals surface area contributed by atoms with E-state index in [2.05, 4.69) is 13.8 Å². The molecule has 0 spiro atoms. The van der Waals surface area contributed by atoms with E-state index in [1.54, 1.807) is 0 Å². The molecule has 1 rings (SSSR count). The molecule has 0 aliphatic heterocycles. The highest BCUT2D eigenvalue weighted by atomic mass is 14.5. The van der Waals surface area contributed by atoms with Gasteiger partial charge in [-0.25, -0.2) is 0 Å². The van der Waals surface area contributed by atoms with Crippen LogP contribution in [0.1, 0.15) is 52.4 Å². The van der Waals surface area contributed by atoms with E-state index >= 15 is 0 Å². The third kappa shape index (κ3) is 3.30. The molecule has 1 aliphatic rings. The first-order chi connectivity index (χ1) is 6.25. The van der Waals surface area contributed by atoms with Crippen LogP contribution in [0.3, 0.4) is 0 Å². The second-order valence-corrected chi connectivity index (χ2v) is 4.82. The minimum absolute atomic E-state index is 0.711.